The third kappa shape index (κ3) is 3.36. The molecule has 0 fully saturated rings. The van der Waals surface area contributed by atoms with Crippen LogP contribution in [0.5, 0.6) is 5.75 Å². The second-order valence-electron chi connectivity index (χ2n) is 4.30. The van der Waals surface area contributed by atoms with Crippen molar-refractivity contribution in [3.63, 3.8) is 0 Å². The lowest BCUT2D eigenvalue weighted by molar-refractivity contribution is 0.402. The summed E-state index contributed by atoms with van der Waals surface area (Å²) in [5, 5.41) is 3.96. The molecule has 2 aromatic rings. The number of ether oxygens (including phenoxy) is 1. The summed E-state index contributed by atoms with van der Waals surface area (Å²) in [6.45, 7) is 0.0532. The number of aryl methyl sites for hydroxylation is 1. The molecule has 0 aliphatic heterocycles. The minimum Gasteiger partial charge on any atom is -0.495 e. The molecule has 1 aromatic carbocycles. The van der Waals surface area contributed by atoms with Crippen LogP contribution < -0.4 is 15.2 Å². The number of benzene rings is 1. The van der Waals surface area contributed by atoms with E-state index in [0.717, 1.165) is 0 Å². The molecule has 0 bridgehead atoms. The summed E-state index contributed by atoms with van der Waals surface area (Å²) in [6.07, 6.45) is 1.52. The number of rotatable bonds is 5. The Morgan fingerprint density at radius 1 is 1.48 bits per heavy atom. The summed E-state index contributed by atoms with van der Waals surface area (Å²) in [5.41, 5.74) is 6.39. The topological polar surface area (TPSA) is 99.2 Å². The van der Waals surface area contributed by atoms with Crippen molar-refractivity contribution in [2.24, 2.45) is 7.05 Å². The summed E-state index contributed by atoms with van der Waals surface area (Å²) in [7, 11) is -0.626. The van der Waals surface area contributed by atoms with Crippen LogP contribution in [0.2, 0.25) is 0 Å². The van der Waals surface area contributed by atoms with Gasteiger partial charge in [0.25, 0.3) is 0 Å². The summed E-state index contributed by atoms with van der Waals surface area (Å²) in [6, 6.07) is 4.77. The van der Waals surface area contributed by atoms with Crippen molar-refractivity contribution in [3.05, 3.63) is 34.4 Å². The van der Waals surface area contributed by atoms with Crippen LogP contribution in [0.4, 0.5) is 5.82 Å². The Labute approximate surface area is 131 Å². The summed E-state index contributed by atoms with van der Waals surface area (Å²) < 4.78 is 34.4. The number of nitrogen functional groups attached to an aromatic ring is 1. The average molecular weight is 375 g/mol. The summed E-state index contributed by atoms with van der Waals surface area (Å²) in [4.78, 5) is 0.0573. The van der Waals surface area contributed by atoms with Gasteiger partial charge in [0, 0.05) is 23.6 Å². The van der Waals surface area contributed by atoms with Crippen LogP contribution in [-0.4, -0.2) is 25.3 Å². The number of nitrogens with two attached hydrogens (primary N) is 1. The normalized spacial score (nSPS) is 11.6. The van der Waals surface area contributed by atoms with E-state index < -0.39 is 10.0 Å². The Morgan fingerprint density at radius 2 is 2.19 bits per heavy atom. The molecule has 0 amide bonds. The molecule has 9 heteroatoms. The monoisotopic (exact) mass is 374 g/mol. The fourth-order valence-corrected chi connectivity index (χ4v) is 3.45. The first-order chi connectivity index (χ1) is 9.85. The third-order valence-corrected chi connectivity index (χ3v) is 4.85. The maximum atomic E-state index is 12.4. The smallest absolute Gasteiger partial charge is 0.244 e. The lowest BCUT2D eigenvalue weighted by Crippen LogP contribution is -2.24. The van der Waals surface area contributed by atoms with Crippen molar-refractivity contribution in [2.45, 2.75) is 11.4 Å². The van der Waals surface area contributed by atoms with Crippen molar-refractivity contribution in [3.8, 4) is 5.75 Å². The van der Waals surface area contributed by atoms with Crippen molar-refractivity contribution < 1.29 is 13.2 Å². The summed E-state index contributed by atoms with van der Waals surface area (Å²) >= 11 is 3.25. The highest BCUT2D eigenvalue weighted by atomic mass is 79.9. The van der Waals surface area contributed by atoms with Gasteiger partial charge in [0.05, 0.1) is 13.3 Å². The number of anilines is 1. The molecule has 0 aliphatic rings. The van der Waals surface area contributed by atoms with Gasteiger partial charge in [0.1, 0.15) is 16.5 Å². The van der Waals surface area contributed by atoms with Crippen LogP contribution in [0, 0.1) is 0 Å². The molecule has 21 heavy (non-hydrogen) atoms. The average Bonchev–Trinajstić information content (AvgIpc) is 2.77. The molecule has 2 rings (SSSR count). The Bertz CT molecular complexity index is 758. The maximum Gasteiger partial charge on any atom is 0.244 e. The number of hydrogen-bond donors (Lipinski definition) is 2. The SMILES string of the molecule is COc1ccc(Br)cc1S(=O)(=O)NCc1cnn(C)c1N. The van der Waals surface area contributed by atoms with Crippen LogP contribution in [0.25, 0.3) is 0 Å². The van der Waals surface area contributed by atoms with Gasteiger partial charge in [-0.05, 0) is 18.2 Å². The lowest BCUT2D eigenvalue weighted by Gasteiger charge is -2.11. The van der Waals surface area contributed by atoms with Crippen molar-refractivity contribution >= 4 is 31.8 Å². The number of halogens is 1. The Kier molecular flexibility index (Phi) is 4.55. The van der Waals surface area contributed by atoms with Crippen molar-refractivity contribution in [2.75, 3.05) is 12.8 Å². The molecule has 0 radical (unpaired) electrons. The second kappa shape index (κ2) is 6.04. The molecule has 0 saturated carbocycles. The zero-order chi connectivity index (χ0) is 15.6. The van der Waals surface area contributed by atoms with E-state index in [9.17, 15) is 8.42 Å². The lowest BCUT2D eigenvalue weighted by atomic mass is 10.3. The zero-order valence-electron chi connectivity index (χ0n) is 11.5. The molecule has 0 aliphatic carbocycles. The number of nitrogens with one attached hydrogen (secondary N) is 1. The largest absolute Gasteiger partial charge is 0.495 e. The standard InChI is InChI=1S/C12H15BrN4O3S/c1-17-12(14)8(6-15-17)7-16-21(18,19)11-5-9(13)3-4-10(11)20-2/h3-6,16H,7,14H2,1-2H3. The molecule has 0 atom stereocenters. The molecule has 0 saturated heterocycles. The highest BCUT2D eigenvalue weighted by Gasteiger charge is 2.20. The minimum absolute atomic E-state index is 0.0532. The van der Waals surface area contributed by atoms with Crippen LogP contribution in [0.15, 0.2) is 33.8 Å². The van der Waals surface area contributed by atoms with E-state index in [2.05, 4.69) is 25.8 Å². The number of hydrogen-bond acceptors (Lipinski definition) is 5. The van der Waals surface area contributed by atoms with Gasteiger partial charge in [-0.1, -0.05) is 15.9 Å². The van der Waals surface area contributed by atoms with Crippen LogP contribution in [-0.2, 0) is 23.6 Å². The quantitative estimate of drug-likeness (QED) is 0.820. The number of sulfonamides is 1. The molecule has 3 N–H and O–H groups in total. The molecule has 7 nitrogen and oxygen atoms in total. The van der Waals surface area contributed by atoms with E-state index in [1.165, 1.54) is 24.1 Å². The molecule has 0 unspecified atom stereocenters. The molecule has 1 heterocycles. The van der Waals surface area contributed by atoms with Gasteiger partial charge in [-0.2, -0.15) is 5.10 Å². The number of aromatic nitrogens is 2. The first-order valence-corrected chi connectivity index (χ1v) is 8.22. The van der Waals surface area contributed by atoms with Gasteiger partial charge in [0.2, 0.25) is 10.0 Å². The molecular weight excluding hydrogens is 360 g/mol. The van der Waals surface area contributed by atoms with E-state index in [1.807, 2.05) is 0 Å². The summed E-state index contributed by atoms with van der Waals surface area (Å²) in [5.74, 6) is 0.684. The molecule has 0 spiro atoms. The van der Waals surface area contributed by atoms with Crippen molar-refractivity contribution in [1.82, 2.24) is 14.5 Å². The van der Waals surface area contributed by atoms with Gasteiger partial charge in [-0.3, -0.25) is 4.68 Å². The number of methoxy groups -OCH3 is 1. The van der Waals surface area contributed by atoms with Crippen LogP contribution in [0.1, 0.15) is 5.56 Å². The Morgan fingerprint density at radius 3 is 2.76 bits per heavy atom. The first-order valence-electron chi connectivity index (χ1n) is 5.94. The van der Waals surface area contributed by atoms with E-state index in [4.69, 9.17) is 10.5 Å². The minimum atomic E-state index is -3.73. The maximum absolute atomic E-state index is 12.4. The van der Waals surface area contributed by atoms with Crippen LogP contribution in [0.3, 0.4) is 0 Å². The third-order valence-electron chi connectivity index (χ3n) is 2.93. The molecule has 1 aromatic heterocycles. The van der Waals surface area contributed by atoms with Gasteiger partial charge >= 0.3 is 0 Å². The van der Waals surface area contributed by atoms with E-state index in [-0.39, 0.29) is 17.2 Å². The predicted molar refractivity (Wildman–Crippen MR) is 82.3 cm³/mol. The zero-order valence-corrected chi connectivity index (χ0v) is 13.9. The second-order valence-corrected chi connectivity index (χ2v) is 6.95. The van der Waals surface area contributed by atoms with Gasteiger partial charge < -0.3 is 10.5 Å². The van der Waals surface area contributed by atoms with Crippen LogP contribution >= 0.6 is 15.9 Å². The van der Waals surface area contributed by atoms with E-state index in [1.54, 1.807) is 19.2 Å². The molecular formula is C12H15BrN4O3S. The Hall–Kier alpha value is -1.58. The van der Waals surface area contributed by atoms with E-state index >= 15 is 0 Å². The fourth-order valence-electron chi connectivity index (χ4n) is 1.74. The van der Waals surface area contributed by atoms with Gasteiger partial charge in [-0.25, -0.2) is 13.1 Å². The first kappa shape index (κ1) is 15.8. The van der Waals surface area contributed by atoms with Crippen molar-refractivity contribution in [1.29, 1.82) is 0 Å². The highest BCUT2D eigenvalue weighted by molar-refractivity contribution is 9.10. The predicted octanol–water partition coefficient (Wildman–Crippen LogP) is 1.25. The fraction of sp³-hybridized carbons (Fsp3) is 0.250. The Balaban J connectivity index is 2.27. The number of nitrogens with zero attached hydrogens (tertiary/aromatic N) is 2. The van der Waals surface area contributed by atoms with Gasteiger partial charge in [-0.15, -0.1) is 0 Å². The van der Waals surface area contributed by atoms with E-state index in [0.29, 0.717) is 15.9 Å². The molecule has 114 valence electrons. The van der Waals surface area contributed by atoms with Gasteiger partial charge in [0.15, 0.2) is 0 Å². The highest BCUT2D eigenvalue weighted by Crippen LogP contribution is 2.27.